The summed E-state index contributed by atoms with van der Waals surface area (Å²) in [7, 11) is 0. The van der Waals surface area contributed by atoms with Gasteiger partial charge < -0.3 is 15.3 Å². The van der Waals surface area contributed by atoms with Gasteiger partial charge in [-0.1, -0.05) is 0 Å². The number of hydrogen-bond donors (Lipinski definition) is 2. The van der Waals surface area contributed by atoms with Crippen molar-refractivity contribution in [1.82, 2.24) is 10.2 Å². The SMILES string of the molecule is CC(C)N1CCC(CC2(CO)CCCN2)CC1. The summed E-state index contributed by atoms with van der Waals surface area (Å²) in [5, 5.41) is 13.2. The van der Waals surface area contributed by atoms with E-state index in [1.807, 2.05) is 0 Å². The van der Waals surface area contributed by atoms with Crippen LogP contribution in [0.15, 0.2) is 0 Å². The Morgan fingerprint density at radius 1 is 1.35 bits per heavy atom. The molecule has 100 valence electrons. The molecule has 2 rings (SSSR count). The quantitative estimate of drug-likeness (QED) is 0.784. The molecule has 3 heteroatoms. The van der Waals surface area contributed by atoms with Crippen molar-refractivity contribution in [3.63, 3.8) is 0 Å². The Balaban J connectivity index is 1.81. The van der Waals surface area contributed by atoms with Gasteiger partial charge >= 0.3 is 0 Å². The highest BCUT2D eigenvalue weighted by Crippen LogP contribution is 2.31. The fourth-order valence-electron chi connectivity index (χ4n) is 3.47. The second kappa shape index (κ2) is 5.68. The number of piperidine rings is 1. The van der Waals surface area contributed by atoms with Crippen LogP contribution >= 0.6 is 0 Å². The molecule has 3 nitrogen and oxygen atoms in total. The molecule has 2 aliphatic rings. The molecule has 2 N–H and O–H groups in total. The number of hydrogen-bond acceptors (Lipinski definition) is 3. The molecule has 1 atom stereocenters. The maximum absolute atomic E-state index is 9.61. The minimum Gasteiger partial charge on any atom is -0.394 e. The Bertz CT molecular complexity index is 228. The minimum absolute atomic E-state index is 0.0602. The predicted octanol–water partition coefficient (Wildman–Crippen LogP) is 1.61. The van der Waals surface area contributed by atoms with E-state index in [1.54, 1.807) is 0 Å². The van der Waals surface area contributed by atoms with Gasteiger partial charge in [-0.05, 0) is 71.5 Å². The molecular formula is C14H28N2O. The summed E-state index contributed by atoms with van der Waals surface area (Å²) in [5.41, 5.74) is 0.0602. The number of nitrogens with one attached hydrogen (secondary N) is 1. The lowest BCUT2D eigenvalue weighted by Crippen LogP contribution is -2.47. The van der Waals surface area contributed by atoms with Crippen LogP contribution in [0.5, 0.6) is 0 Å². The molecule has 2 aliphatic heterocycles. The van der Waals surface area contributed by atoms with E-state index >= 15 is 0 Å². The van der Waals surface area contributed by atoms with Crippen LogP contribution in [0.1, 0.15) is 46.0 Å². The largest absolute Gasteiger partial charge is 0.394 e. The van der Waals surface area contributed by atoms with Crippen LogP contribution in [0.25, 0.3) is 0 Å². The minimum atomic E-state index is 0.0602. The van der Waals surface area contributed by atoms with E-state index in [1.165, 1.54) is 38.8 Å². The summed E-state index contributed by atoms with van der Waals surface area (Å²) < 4.78 is 0. The second-order valence-electron chi connectivity index (χ2n) is 6.25. The molecule has 0 saturated carbocycles. The third kappa shape index (κ3) is 3.21. The first kappa shape index (κ1) is 13.3. The Labute approximate surface area is 106 Å². The van der Waals surface area contributed by atoms with Crippen LogP contribution in [0, 0.1) is 5.92 Å². The molecule has 2 heterocycles. The summed E-state index contributed by atoms with van der Waals surface area (Å²) in [6.45, 7) is 8.46. The van der Waals surface area contributed by atoms with Gasteiger partial charge in [-0.15, -0.1) is 0 Å². The van der Waals surface area contributed by atoms with E-state index in [9.17, 15) is 5.11 Å². The highest BCUT2D eigenvalue weighted by Gasteiger charge is 2.36. The van der Waals surface area contributed by atoms with Gasteiger partial charge in [-0.25, -0.2) is 0 Å². The van der Waals surface area contributed by atoms with Crippen molar-refractivity contribution in [2.24, 2.45) is 5.92 Å². The van der Waals surface area contributed by atoms with Crippen molar-refractivity contribution >= 4 is 0 Å². The van der Waals surface area contributed by atoms with Crippen LogP contribution in [0.4, 0.5) is 0 Å². The average Bonchev–Trinajstić information content (AvgIpc) is 2.79. The Hall–Kier alpha value is -0.120. The first-order valence-electron chi connectivity index (χ1n) is 7.25. The molecule has 2 saturated heterocycles. The summed E-state index contributed by atoms with van der Waals surface area (Å²) >= 11 is 0. The van der Waals surface area contributed by atoms with Crippen molar-refractivity contribution in [3.8, 4) is 0 Å². The Morgan fingerprint density at radius 2 is 2.06 bits per heavy atom. The van der Waals surface area contributed by atoms with Crippen molar-refractivity contribution < 1.29 is 5.11 Å². The molecule has 0 aliphatic carbocycles. The highest BCUT2D eigenvalue weighted by molar-refractivity contribution is 4.95. The number of rotatable bonds is 4. The standard InChI is InChI=1S/C14H28N2O/c1-12(2)16-8-4-13(5-9-16)10-14(11-17)6-3-7-15-14/h12-13,15,17H,3-11H2,1-2H3. The molecule has 2 fully saturated rings. The molecule has 0 aromatic carbocycles. The van der Waals surface area contributed by atoms with E-state index in [0.717, 1.165) is 18.9 Å². The van der Waals surface area contributed by atoms with Crippen molar-refractivity contribution in [3.05, 3.63) is 0 Å². The zero-order valence-corrected chi connectivity index (χ0v) is 11.4. The zero-order valence-electron chi connectivity index (χ0n) is 11.4. The fraction of sp³-hybridized carbons (Fsp3) is 1.00. The van der Waals surface area contributed by atoms with Gasteiger partial charge in [0.2, 0.25) is 0 Å². The third-order valence-corrected chi connectivity index (χ3v) is 4.69. The topological polar surface area (TPSA) is 35.5 Å². The summed E-state index contributed by atoms with van der Waals surface area (Å²) in [6, 6.07) is 0.687. The van der Waals surface area contributed by atoms with Gasteiger partial charge in [0, 0.05) is 11.6 Å². The molecule has 1 unspecified atom stereocenters. The van der Waals surface area contributed by atoms with E-state index in [4.69, 9.17) is 0 Å². The lowest BCUT2D eigenvalue weighted by molar-refractivity contribution is 0.103. The fourth-order valence-corrected chi connectivity index (χ4v) is 3.47. The average molecular weight is 240 g/mol. The summed E-state index contributed by atoms with van der Waals surface area (Å²) in [6.07, 6.45) is 6.18. The molecule has 0 radical (unpaired) electrons. The summed E-state index contributed by atoms with van der Waals surface area (Å²) in [5.74, 6) is 0.808. The van der Waals surface area contributed by atoms with E-state index in [-0.39, 0.29) is 5.54 Å². The van der Waals surface area contributed by atoms with Crippen molar-refractivity contribution in [2.75, 3.05) is 26.2 Å². The molecule has 0 amide bonds. The van der Waals surface area contributed by atoms with Crippen LogP contribution < -0.4 is 5.32 Å². The maximum Gasteiger partial charge on any atom is 0.0613 e. The number of likely N-dealkylation sites (tertiary alicyclic amines) is 1. The first-order valence-corrected chi connectivity index (χ1v) is 7.25. The Morgan fingerprint density at radius 3 is 2.53 bits per heavy atom. The number of nitrogens with zero attached hydrogens (tertiary/aromatic N) is 1. The molecule has 0 bridgehead atoms. The van der Waals surface area contributed by atoms with Crippen molar-refractivity contribution in [2.45, 2.75) is 57.5 Å². The van der Waals surface area contributed by atoms with Crippen LogP contribution in [-0.4, -0.2) is 47.8 Å². The lowest BCUT2D eigenvalue weighted by atomic mass is 9.82. The zero-order chi connectivity index (χ0) is 12.3. The van der Waals surface area contributed by atoms with Crippen LogP contribution in [-0.2, 0) is 0 Å². The maximum atomic E-state index is 9.61. The van der Waals surface area contributed by atoms with E-state index in [0.29, 0.717) is 12.6 Å². The van der Waals surface area contributed by atoms with Crippen LogP contribution in [0.2, 0.25) is 0 Å². The molecule has 0 aromatic rings. The first-order chi connectivity index (χ1) is 8.15. The number of aliphatic hydroxyl groups excluding tert-OH is 1. The molecular weight excluding hydrogens is 212 g/mol. The van der Waals surface area contributed by atoms with Gasteiger partial charge in [0.1, 0.15) is 0 Å². The normalized spacial score (nSPS) is 32.5. The van der Waals surface area contributed by atoms with Gasteiger partial charge in [-0.2, -0.15) is 0 Å². The van der Waals surface area contributed by atoms with Crippen LogP contribution in [0.3, 0.4) is 0 Å². The van der Waals surface area contributed by atoms with Gasteiger partial charge in [0.25, 0.3) is 0 Å². The monoisotopic (exact) mass is 240 g/mol. The molecule has 0 spiro atoms. The molecule has 17 heavy (non-hydrogen) atoms. The van der Waals surface area contributed by atoms with Gasteiger partial charge in [-0.3, -0.25) is 0 Å². The van der Waals surface area contributed by atoms with E-state index in [2.05, 4.69) is 24.1 Å². The number of aliphatic hydroxyl groups is 1. The van der Waals surface area contributed by atoms with Crippen molar-refractivity contribution in [1.29, 1.82) is 0 Å². The van der Waals surface area contributed by atoms with Gasteiger partial charge in [0.15, 0.2) is 0 Å². The lowest BCUT2D eigenvalue weighted by Gasteiger charge is -2.38. The van der Waals surface area contributed by atoms with E-state index < -0.39 is 0 Å². The molecule has 0 aromatic heterocycles. The predicted molar refractivity (Wildman–Crippen MR) is 71.1 cm³/mol. The Kier molecular flexibility index (Phi) is 4.45. The second-order valence-corrected chi connectivity index (χ2v) is 6.25. The third-order valence-electron chi connectivity index (χ3n) is 4.69. The van der Waals surface area contributed by atoms with Gasteiger partial charge in [0.05, 0.1) is 6.61 Å². The smallest absolute Gasteiger partial charge is 0.0613 e. The highest BCUT2D eigenvalue weighted by atomic mass is 16.3. The summed E-state index contributed by atoms with van der Waals surface area (Å²) in [4.78, 5) is 2.57.